The summed E-state index contributed by atoms with van der Waals surface area (Å²) in [5.41, 5.74) is 1.13. The van der Waals surface area contributed by atoms with E-state index in [-0.39, 0.29) is 17.6 Å². The Bertz CT molecular complexity index is 530. The van der Waals surface area contributed by atoms with Crippen molar-refractivity contribution in [3.05, 3.63) is 23.8 Å². The van der Waals surface area contributed by atoms with E-state index < -0.39 is 9.84 Å². The highest BCUT2D eigenvalue weighted by Crippen LogP contribution is 2.31. The van der Waals surface area contributed by atoms with Crippen molar-refractivity contribution in [1.29, 1.82) is 0 Å². The number of methoxy groups -OCH3 is 1. The van der Waals surface area contributed by atoms with Crippen LogP contribution >= 0.6 is 0 Å². The van der Waals surface area contributed by atoms with Crippen LogP contribution in [0.5, 0.6) is 11.5 Å². The second-order valence-electron chi connectivity index (χ2n) is 4.66. The molecule has 1 saturated heterocycles. The highest BCUT2D eigenvalue weighted by atomic mass is 32.2. The number of rotatable bonds is 6. The monoisotopic (exact) mass is 285 g/mol. The van der Waals surface area contributed by atoms with Crippen LogP contribution in [0.1, 0.15) is 5.56 Å². The summed E-state index contributed by atoms with van der Waals surface area (Å²) in [6, 6.07) is 5.76. The predicted molar refractivity (Wildman–Crippen MR) is 73.7 cm³/mol. The third-order valence-electron chi connectivity index (χ3n) is 3.06. The SMILES string of the molecule is CNCCc1ccc(OC)c(OC2CS(=O)(=O)C2)c1. The van der Waals surface area contributed by atoms with E-state index in [4.69, 9.17) is 9.47 Å². The number of hydrogen-bond donors (Lipinski definition) is 1. The van der Waals surface area contributed by atoms with Gasteiger partial charge < -0.3 is 14.8 Å². The second kappa shape index (κ2) is 5.79. The van der Waals surface area contributed by atoms with E-state index >= 15 is 0 Å². The summed E-state index contributed by atoms with van der Waals surface area (Å²) >= 11 is 0. The van der Waals surface area contributed by atoms with Crippen LogP contribution in [0.3, 0.4) is 0 Å². The minimum atomic E-state index is -2.87. The molecule has 0 radical (unpaired) electrons. The lowest BCUT2D eigenvalue weighted by atomic mass is 10.1. The molecule has 0 saturated carbocycles. The summed E-state index contributed by atoms with van der Waals surface area (Å²) < 4.78 is 33.2. The fraction of sp³-hybridized carbons (Fsp3) is 0.538. The summed E-state index contributed by atoms with van der Waals surface area (Å²) in [5, 5.41) is 3.09. The van der Waals surface area contributed by atoms with Crippen molar-refractivity contribution in [3.8, 4) is 11.5 Å². The molecule has 1 aromatic rings. The standard InChI is InChI=1S/C13H19NO4S/c1-14-6-5-10-3-4-12(17-2)13(7-10)18-11-8-19(15,16)9-11/h3-4,7,11,14H,5-6,8-9H2,1-2H3. The number of likely N-dealkylation sites (N-methyl/N-ethyl adjacent to an activating group) is 1. The fourth-order valence-electron chi connectivity index (χ4n) is 2.00. The highest BCUT2D eigenvalue weighted by molar-refractivity contribution is 7.92. The van der Waals surface area contributed by atoms with Crippen molar-refractivity contribution in [2.75, 3.05) is 32.2 Å². The Morgan fingerprint density at radius 2 is 2.05 bits per heavy atom. The lowest BCUT2D eigenvalue weighted by molar-refractivity contribution is 0.219. The summed E-state index contributed by atoms with van der Waals surface area (Å²) in [6.07, 6.45) is 0.637. The van der Waals surface area contributed by atoms with Crippen molar-refractivity contribution < 1.29 is 17.9 Å². The number of nitrogens with one attached hydrogen (secondary N) is 1. The third-order valence-corrected chi connectivity index (χ3v) is 4.82. The first kappa shape index (κ1) is 14.1. The van der Waals surface area contributed by atoms with Gasteiger partial charge in [0.25, 0.3) is 0 Å². The van der Waals surface area contributed by atoms with Gasteiger partial charge in [0.05, 0.1) is 18.6 Å². The Morgan fingerprint density at radius 1 is 1.32 bits per heavy atom. The highest BCUT2D eigenvalue weighted by Gasteiger charge is 2.35. The second-order valence-corrected chi connectivity index (χ2v) is 6.81. The van der Waals surface area contributed by atoms with Crippen molar-refractivity contribution in [1.82, 2.24) is 5.32 Å². The van der Waals surface area contributed by atoms with Gasteiger partial charge in [-0.15, -0.1) is 0 Å². The molecule has 1 aliphatic rings. The van der Waals surface area contributed by atoms with Crippen LogP contribution in [0.25, 0.3) is 0 Å². The Balaban J connectivity index is 2.08. The smallest absolute Gasteiger partial charge is 0.161 e. The average molecular weight is 285 g/mol. The Labute approximate surface area is 113 Å². The molecule has 19 heavy (non-hydrogen) atoms. The van der Waals surface area contributed by atoms with E-state index in [2.05, 4.69) is 5.32 Å². The molecule has 106 valence electrons. The molecule has 0 unspecified atom stereocenters. The molecule has 0 bridgehead atoms. The predicted octanol–water partition coefficient (Wildman–Crippen LogP) is 0.633. The molecule has 1 N–H and O–H groups in total. The van der Waals surface area contributed by atoms with Gasteiger partial charge in [-0.25, -0.2) is 8.42 Å². The molecule has 1 heterocycles. The summed E-state index contributed by atoms with van der Waals surface area (Å²) in [5.74, 6) is 1.45. The van der Waals surface area contributed by atoms with Gasteiger partial charge in [-0.3, -0.25) is 0 Å². The Hall–Kier alpha value is -1.27. The summed E-state index contributed by atoms with van der Waals surface area (Å²) in [6.45, 7) is 0.879. The molecular weight excluding hydrogens is 266 g/mol. The van der Waals surface area contributed by atoms with Crippen molar-refractivity contribution in [3.63, 3.8) is 0 Å². The zero-order valence-electron chi connectivity index (χ0n) is 11.2. The van der Waals surface area contributed by atoms with E-state index in [1.54, 1.807) is 7.11 Å². The molecule has 5 nitrogen and oxygen atoms in total. The van der Waals surface area contributed by atoms with E-state index in [0.717, 1.165) is 18.5 Å². The summed E-state index contributed by atoms with van der Waals surface area (Å²) in [4.78, 5) is 0. The average Bonchev–Trinajstić information content (AvgIpc) is 2.34. The van der Waals surface area contributed by atoms with Crippen molar-refractivity contribution in [2.24, 2.45) is 0 Å². The summed E-state index contributed by atoms with van der Waals surface area (Å²) in [7, 11) is 0.609. The molecule has 0 spiro atoms. The first-order valence-electron chi connectivity index (χ1n) is 6.22. The van der Waals surface area contributed by atoms with Crippen LogP contribution in [0.2, 0.25) is 0 Å². The molecule has 1 fully saturated rings. The van der Waals surface area contributed by atoms with Crippen LogP contribution in [-0.4, -0.2) is 46.7 Å². The molecule has 0 aliphatic carbocycles. The lowest BCUT2D eigenvalue weighted by Crippen LogP contribution is -2.45. The maximum absolute atomic E-state index is 11.1. The van der Waals surface area contributed by atoms with Gasteiger partial charge in [-0.1, -0.05) is 6.07 Å². The number of sulfone groups is 1. The van der Waals surface area contributed by atoms with Gasteiger partial charge in [-0.05, 0) is 37.7 Å². The van der Waals surface area contributed by atoms with Gasteiger partial charge in [-0.2, -0.15) is 0 Å². The number of hydrogen-bond acceptors (Lipinski definition) is 5. The van der Waals surface area contributed by atoms with Gasteiger partial charge in [0.1, 0.15) is 6.10 Å². The maximum Gasteiger partial charge on any atom is 0.161 e. The van der Waals surface area contributed by atoms with Gasteiger partial charge >= 0.3 is 0 Å². The van der Waals surface area contributed by atoms with Gasteiger partial charge in [0.15, 0.2) is 21.3 Å². The van der Waals surface area contributed by atoms with Crippen LogP contribution < -0.4 is 14.8 Å². The molecule has 1 aromatic carbocycles. The zero-order chi connectivity index (χ0) is 13.9. The Kier molecular flexibility index (Phi) is 4.31. The molecular formula is C13H19NO4S. The fourth-order valence-corrected chi connectivity index (χ4v) is 3.17. The minimum Gasteiger partial charge on any atom is -0.493 e. The largest absolute Gasteiger partial charge is 0.493 e. The molecule has 0 atom stereocenters. The van der Waals surface area contributed by atoms with E-state index in [1.807, 2.05) is 25.2 Å². The molecule has 2 rings (SSSR count). The molecule has 0 amide bonds. The van der Waals surface area contributed by atoms with Crippen molar-refractivity contribution in [2.45, 2.75) is 12.5 Å². The normalized spacial score (nSPS) is 17.8. The molecule has 1 aliphatic heterocycles. The molecule has 6 heteroatoms. The van der Waals surface area contributed by atoms with Gasteiger partial charge in [0, 0.05) is 0 Å². The number of benzene rings is 1. The Morgan fingerprint density at radius 3 is 2.63 bits per heavy atom. The van der Waals surface area contributed by atoms with E-state index in [1.165, 1.54) is 0 Å². The van der Waals surface area contributed by atoms with Crippen LogP contribution in [0.15, 0.2) is 18.2 Å². The third kappa shape index (κ3) is 3.61. The van der Waals surface area contributed by atoms with Crippen LogP contribution in [0.4, 0.5) is 0 Å². The first-order valence-corrected chi connectivity index (χ1v) is 8.05. The maximum atomic E-state index is 11.1. The van der Waals surface area contributed by atoms with E-state index in [9.17, 15) is 8.42 Å². The first-order chi connectivity index (χ1) is 9.04. The quantitative estimate of drug-likeness (QED) is 0.830. The van der Waals surface area contributed by atoms with Crippen LogP contribution in [0, 0.1) is 0 Å². The van der Waals surface area contributed by atoms with E-state index in [0.29, 0.717) is 11.5 Å². The lowest BCUT2D eigenvalue weighted by Gasteiger charge is -2.27. The minimum absolute atomic E-state index is 0.0941. The number of ether oxygens (including phenoxy) is 2. The van der Waals surface area contributed by atoms with Gasteiger partial charge in [0.2, 0.25) is 0 Å². The van der Waals surface area contributed by atoms with Crippen LogP contribution in [-0.2, 0) is 16.3 Å². The van der Waals surface area contributed by atoms with Crippen molar-refractivity contribution >= 4 is 9.84 Å². The topological polar surface area (TPSA) is 64.6 Å². The zero-order valence-corrected chi connectivity index (χ0v) is 12.0. The molecule has 0 aromatic heterocycles.